The number of aromatic nitrogens is 4. The Kier molecular flexibility index (Phi) is 4.28. The van der Waals surface area contributed by atoms with Crippen molar-refractivity contribution in [2.45, 2.75) is 32.7 Å². The minimum atomic E-state index is 0.0423. The van der Waals surface area contributed by atoms with Crippen LogP contribution in [0.2, 0.25) is 0 Å². The number of nitrogens with zero attached hydrogens (tertiary/aromatic N) is 4. The van der Waals surface area contributed by atoms with Crippen molar-refractivity contribution < 1.29 is 4.79 Å². The number of amides is 1. The van der Waals surface area contributed by atoms with Crippen LogP contribution in [0.15, 0.2) is 30.9 Å². The number of rotatable bonds is 3. The predicted molar refractivity (Wildman–Crippen MR) is 100 cm³/mol. The lowest BCUT2D eigenvalue weighted by atomic mass is 10.1. The molecule has 0 saturated carbocycles. The van der Waals surface area contributed by atoms with E-state index in [0.717, 1.165) is 41.0 Å². The summed E-state index contributed by atoms with van der Waals surface area (Å²) in [5.74, 6) is 0.929. The number of anilines is 1. The van der Waals surface area contributed by atoms with Gasteiger partial charge in [-0.05, 0) is 38.5 Å². The Balaban J connectivity index is 1.55. The minimum absolute atomic E-state index is 0.0423. The number of carbonyl (C=O) groups excluding carboxylic acids is 1. The largest absolute Gasteiger partial charge is 0.368 e. The Morgan fingerprint density at radius 1 is 1.19 bits per heavy atom. The normalized spacial score (nSPS) is 14.3. The highest BCUT2D eigenvalue weighted by atomic mass is 16.2. The second kappa shape index (κ2) is 6.74. The smallest absolute Gasteiger partial charge is 0.253 e. The SMILES string of the molecule is CC(C)Nc1ncnc2c1CCN(C(=O)c1ccc3nc[nH]c3c1)CC2. The van der Waals surface area contributed by atoms with E-state index in [4.69, 9.17) is 0 Å². The maximum Gasteiger partial charge on any atom is 0.253 e. The van der Waals surface area contributed by atoms with Gasteiger partial charge in [0.25, 0.3) is 5.91 Å². The molecular weight excluding hydrogens is 328 g/mol. The first-order chi connectivity index (χ1) is 12.6. The van der Waals surface area contributed by atoms with Gasteiger partial charge in [-0.25, -0.2) is 15.0 Å². The van der Waals surface area contributed by atoms with Crippen LogP contribution >= 0.6 is 0 Å². The highest BCUT2D eigenvalue weighted by Crippen LogP contribution is 2.22. The molecule has 1 aliphatic heterocycles. The Hall–Kier alpha value is -2.96. The topological polar surface area (TPSA) is 86.8 Å². The highest BCUT2D eigenvalue weighted by molar-refractivity contribution is 5.97. The van der Waals surface area contributed by atoms with Crippen LogP contribution < -0.4 is 5.32 Å². The molecule has 2 N–H and O–H groups in total. The number of nitrogens with one attached hydrogen (secondary N) is 2. The van der Waals surface area contributed by atoms with Crippen LogP contribution in [0.1, 0.15) is 35.5 Å². The summed E-state index contributed by atoms with van der Waals surface area (Å²) < 4.78 is 0. The highest BCUT2D eigenvalue weighted by Gasteiger charge is 2.23. The van der Waals surface area contributed by atoms with E-state index in [2.05, 4.69) is 39.1 Å². The molecule has 1 aliphatic rings. The number of H-pyrrole nitrogens is 1. The van der Waals surface area contributed by atoms with Crippen molar-refractivity contribution in [1.82, 2.24) is 24.8 Å². The Bertz CT molecular complexity index is 948. The molecule has 134 valence electrons. The second-order valence-corrected chi connectivity index (χ2v) is 6.87. The Morgan fingerprint density at radius 3 is 2.88 bits per heavy atom. The summed E-state index contributed by atoms with van der Waals surface area (Å²) in [6, 6.07) is 5.89. The van der Waals surface area contributed by atoms with Crippen LogP contribution in [0.4, 0.5) is 5.82 Å². The van der Waals surface area contributed by atoms with Crippen molar-refractivity contribution in [3.8, 4) is 0 Å². The third-order valence-corrected chi connectivity index (χ3v) is 4.66. The zero-order chi connectivity index (χ0) is 18.1. The lowest BCUT2D eigenvalue weighted by molar-refractivity contribution is 0.0763. The summed E-state index contributed by atoms with van der Waals surface area (Å²) in [5.41, 5.74) is 4.58. The standard InChI is InChI=1S/C19H22N6O/c1-12(2)24-18-14-5-7-25(8-6-15(14)20-11-23-18)19(26)13-3-4-16-17(9-13)22-10-21-16/h3-4,9-12H,5-8H2,1-2H3,(H,21,22)(H,20,23,24). The van der Waals surface area contributed by atoms with E-state index in [1.165, 1.54) is 0 Å². The fraction of sp³-hybridized carbons (Fsp3) is 0.368. The zero-order valence-corrected chi connectivity index (χ0v) is 15.0. The van der Waals surface area contributed by atoms with E-state index >= 15 is 0 Å². The van der Waals surface area contributed by atoms with Gasteiger partial charge in [-0.15, -0.1) is 0 Å². The molecular formula is C19H22N6O. The average Bonchev–Trinajstić information content (AvgIpc) is 2.98. The molecule has 1 amide bonds. The van der Waals surface area contributed by atoms with Gasteiger partial charge in [0.1, 0.15) is 12.1 Å². The summed E-state index contributed by atoms with van der Waals surface area (Å²) in [6.45, 7) is 5.50. The molecule has 7 nitrogen and oxygen atoms in total. The molecule has 4 rings (SSSR count). The second-order valence-electron chi connectivity index (χ2n) is 6.87. The van der Waals surface area contributed by atoms with Gasteiger partial charge < -0.3 is 15.2 Å². The van der Waals surface area contributed by atoms with Crippen LogP contribution in [0.3, 0.4) is 0 Å². The van der Waals surface area contributed by atoms with Crippen molar-refractivity contribution in [3.63, 3.8) is 0 Å². The van der Waals surface area contributed by atoms with Gasteiger partial charge >= 0.3 is 0 Å². The van der Waals surface area contributed by atoms with Crippen molar-refractivity contribution in [2.75, 3.05) is 18.4 Å². The lowest BCUT2D eigenvalue weighted by Gasteiger charge is -2.20. The molecule has 3 heterocycles. The number of hydrogen-bond donors (Lipinski definition) is 2. The van der Waals surface area contributed by atoms with E-state index in [1.54, 1.807) is 12.7 Å². The van der Waals surface area contributed by atoms with Crippen LogP contribution in [0, 0.1) is 0 Å². The molecule has 0 atom stereocenters. The zero-order valence-electron chi connectivity index (χ0n) is 15.0. The molecule has 2 aromatic heterocycles. The average molecular weight is 350 g/mol. The first-order valence-electron chi connectivity index (χ1n) is 8.93. The molecule has 26 heavy (non-hydrogen) atoms. The van der Waals surface area contributed by atoms with Gasteiger partial charge in [0.2, 0.25) is 0 Å². The summed E-state index contributed by atoms with van der Waals surface area (Å²) in [6.07, 6.45) is 4.74. The van der Waals surface area contributed by atoms with Gasteiger partial charge in [0.05, 0.1) is 23.1 Å². The van der Waals surface area contributed by atoms with Crippen molar-refractivity contribution in [1.29, 1.82) is 0 Å². The van der Waals surface area contributed by atoms with Crippen LogP contribution in [0.5, 0.6) is 0 Å². The van der Waals surface area contributed by atoms with Crippen LogP contribution in [-0.2, 0) is 12.8 Å². The maximum absolute atomic E-state index is 13.0. The van der Waals surface area contributed by atoms with Gasteiger partial charge in [-0.3, -0.25) is 4.79 Å². The molecule has 0 spiro atoms. The van der Waals surface area contributed by atoms with E-state index in [9.17, 15) is 4.79 Å². The van der Waals surface area contributed by atoms with Crippen LogP contribution in [0.25, 0.3) is 11.0 Å². The van der Waals surface area contributed by atoms with E-state index in [1.807, 2.05) is 23.1 Å². The Labute approximate surface area is 151 Å². The Morgan fingerprint density at radius 2 is 2.04 bits per heavy atom. The van der Waals surface area contributed by atoms with Crippen molar-refractivity contribution in [3.05, 3.63) is 47.7 Å². The molecule has 1 aromatic carbocycles. The number of hydrogen-bond acceptors (Lipinski definition) is 5. The molecule has 0 fully saturated rings. The molecule has 0 radical (unpaired) electrons. The molecule has 7 heteroatoms. The van der Waals surface area contributed by atoms with Gasteiger partial charge in [0, 0.05) is 36.7 Å². The summed E-state index contributed by atoms with van der Waals surface area (Å²) >= 11 is 0. The van der Waals surface area contributed by atoms with Gasteiger partial charge in [-0.1, -0.05) is 0 Å². The minimum Gasteiger partial charge on any atom is -0.368 e. The van der Waals surface area contributed by atoms with E-state index in [0.29, 0.717) is 24.7 Å². The number of imidazole rings is 1. The first kappa shape index (κ1) is 16.5. The monoisotopic (exact) mass is 350 g/mol. The summed E-state index contributed by atoms with van der Waals surface area (Å²) in [4.78, 5) is 31.0. The number of benzene rings is 1. The van der Waals surface area contributed by atoms with Crippen LogP contribution in [-0.4, -0.2) is 49.9 Å². The molecule has 0 bridgehead atoms. The molecule has 0 saturated heterocycles. The lowest BCUT2D eigenvalue weighted by Crippen LogP contribution is -2.33. The van der Waals surface area contributed by atoms with Crippen molar-refractivity contribution >= 4 is 22.8 Å². The maximum atomic E-state index is 13.0. The van der Waals surface area contributed by atoms with E-state index in [-0.39, 0.29) is 5.91 Å². The quantitative estimate of drug-likeness (QED) is 0.757. The summed E-state index contributed by atoms with van der Waals surface area (Å²) in [5, 5.41) is 3.39. The molecule has 0 aliphatic carbocycles. The third-order valence-electron chi connectivity index (χ3n) is 4.66. The third kappa shape index (κ3) is 3.12. The van der Waals surface area contributed by atoms with E-state index < -0.39 is 0 Å². The number of carbonyl (C=O) groups is 1. The molecule has 0 unspecified atom stereocenters. The predicted octanol–water partition coefficient (Wildman–Crippen LogP) is 2.41. The van der Waals surface area contributed by atoms with Gasteiger partial charge in [0.15, 0.2) is 0 Å². The molecule has 3 aromatic rings. The number of fused-ring (bicyclic) bond motifs is 2. The van der Waals surface area contributed by atoms with Gasteiger partial charge in [-0.2, -0.15) is 0 Å². The fourth-order valence-electron chi connectivity index (χ4n) is 3.38. The fourth-order valence-corrected chi connectivity index (χ4v) is 3.38. The first-order valence-corrected chi connectivity index (χ1v) is 8.93. The number of aromatic amines is 1. The summed E-state index contributed by atoms with van der Waals surface area (Å²) in [7, 11) is 0. The van der Waals surface area contributed by atoms with Crippen molar-refractivity contribution in [2.24, 2.45) is 0 Å².